The third kappa shape index (κ3) is 5.24. The second kappa shape index (κ2) is 7.93. The van der Waals surface area contributed by atoms with Crippen molar-refractivity contribution in [2.75, 3.05) is 6.61 Å². The predicted molar refractivity (Wildman–Crippen MR) is 84.3 cm³/mol. The molecule has 0 radical (unpaired) electrons. The van der Waals surface area contributed by atoms with Gasteiger partial charge in [0.05, 0.1) is 6.61 Å². The van der Waals surface area contributed by atoms with E-state index < -0.39 is 0 Å². The maximum atomic E-state index is 6.14. The van der Waals surface area contributed by atoms with Gasteiger partial charge < -0.3 is 10.5 Å². The Labute approximate surface area is 125 Å². The van der Waals surface area contributed by atoms with E-state index in [9.17, 15) is 0 Å². The van der Waals surface area contributed by atoms with E-state index in [4.69, 9.17) is 22.1 Å². The average Bonchev–Trinajstić information content (AvgIpc) is 2.45. The third-order valence-corrected chi connectivity index (χ3v) is 3.35. The molecular formula is C17H20ClNO. The van der Waals surface area contributed by atoms with Crippen molar-refractivity contribution in [2.45, 2.75) is 25.3 Å². The summed E-state index contributed by atoms with van der Waals surface area (Å²) >= 11 is 5.96. The first-order chi connectivity index (χ1) is 9.74. The predicted octanol–water partition coefficient (Wildman–Crippen LogP) is 4.07. The highest BCUT2D eigenvalue weighted by Crippen LogP contribution is 2.13. The first-order valence-electron chi connectivity index (χ1n) is 6.92. The summed E-state index contributed by atoms with van der Waals surface area (Å²) < 4.78 is 5.65. The molecule has 0 bridgehead atoms. The van der Waals surface area contributed by atoms with Crippen LogP contribution in [-0.4, -0.2) is 12.6 Å². The maximum Gasteiger partial charge on any atom is 0.119 e. The standard InChI is InChI=1S/C17H20ClNO/c18-15-7-4-6-14(12-15)13-16(19)8-5-11-20-17-9-2-1-3-10-17/h1-4,6-7,9-10,12,16H,5,8,11,13,19H2. The molecule has 2 aromatic rings. The summed E-state index contributed by atoms with van der Waals surface area (Å²) in [5.74, 6) is 0.913. The van der Waals surface area contributed by atoms with E-state index >= 15 is 0 Å². The molecule has 0 saturated heterocycles. The minimum Gasteiger partial charge on any atom is -0.494 e. The van der Waals surface area contributed by atoms with Gasteiger partial charge in [0.25, 0.3) is 0 Å². The number of ether oxygens (including phenoxy) is 1. The van der Waals surface area contributed by atoms with Gasteiger partial charge in [-0.05, 0) is 49.1 Å². The van der Waals surface area contributed by atoms with Gasteiger partial charge in [0, 0.05) is 11.1 Å². The molecule has 2 N–H and O–H groups in total. The van der Waals surface area contributed by atoms with Crippen molar-refractivity contribution in [1.82, 2.24) is 0 Å². The number of rotatable bonds is 7. The smallest absolute Gasteiger partial charge is 0.119 e. The summed E-state index contributed by atoms with van der Waals surface area (Å²) in [6.07, 6.45) is 2.75. The van der Waals surface area contributed by atoms with Gasteiger partial charge >= 0.3 is 0 Å². The van der Waals surface area contributed by atoms with Crippen LogP contribution in [-0.2, 0) is 6.42 Å². The van der Waals surface area contributed by atoms with Crippen LogP contribution in [0.2, 0.25) is 5.02 Å². The first kappa shape index (κ1) is 14.9. The Hall–Kier alpha value is -1.51. The Morgan fingerprint density at radius 3 is 2.60 bits per heavy atom. The molecule has 0 saturated carbocycles. The van der Waals surface area contributed by atoms with Crippen LogP contribution < -0.4 is 10.5 Å². The fourth-order valence-corrected chi connectivity index (χ4v) is 2.33. The van der Waals surface area contributed by atoms with Gasteiger partial charge in [-0.3, -0.25) is 0 Å². The molecule has 0 heterocycles. The molecular weight excluding hydrogens is 270 g/mol. The van der Waals surface area contributed by atoms with Gasteiger partial charge in [-0.25, -0.2) is 0 Å². The van der Waals surface area contributed by atoms with Crippen LogP contribution in [0.15, 0.2) is 54.6 Å². The van der Waals surface area contributed by atoms with E-state index in [1.54, 1.807) is 0 Å². The molecule has 0 aromatic heterocycles. The number of para-hydroxylation sites is 1. The van der Waals surface area contributed by atoms with Crippen LogP contribution >= 0.6 is 11.6 Å². The topological polar surface area (TPSA) is 35.2 Å². The summed E-state index contributed by atoms with van der Waals surface area (Å²) in [4.78, 5) is 0. The molecule has 1 atom stereocenters. The Bertz CT molecular complexity index is 515. The highest BCUT2D eigenvalue weighted by molar-refractivity contribution is 6.30. The van der Waals surface area contributed by atoms with Gasteiger partial charge in [-0.1, -0.05) is 41.9 Å². The number of halogens is 1. The molecule has 0 spiro atoms. The van der Waals surface area contributed by atoms with Crippen molar-refractivity contribution in [2.24, 2.45) is 5.73 Å². The molecule has 2 nitrogen and oxygen atoms in total. The summed E-state index contributed by atoms with van der Waals surface area (Å²) in [7, 11) is 0. The molecule has 20 heavy (non-hydrogen) atoms. The lowest BCUT2D eigenvalue weighted by Crippen LogP contribution is -2.23. The van der Waals surface area contributed by atoms with Gasteiger partial charge in [-0.15, -0.1) is 0 Å². The average molecular weight is 290 g/mol. The minimum absolute atomic E-state index is 0.146. The maximum absolute atomic E-state index is 6.14. The molecule has 0 aliphatic heterocycles. The molecule has 0 aliphatic rings. The van der Waals surface area contributed by atoms with Crippen LogP contribution in [0.3, 0.4) is 0 Å². The van der Waals surface area contributed by atoms with Crippen molar-refractivity contribution in [3.05, 3.63) is 65.2 Å². The molecule has 3 heteroatoms. The molecule has 1 unspecified atom stereocenters. The Balaban J connectivity index is 1.66. The fraction of sp³-hybridized carbons (Fsp3) is 0.294. The van der Waals surface area contributed by atoms with Gasteiger partial charge in [0.2, 0.25) is 0 Å². The van der Waals surface area contributed by atoms with Gasteiger partial charge in [0.15, 0.2) is 0 Å². The Morgan fingerprint density at radius 1 is 1.05 bits per heavy atom. The number of hydrogen-bond donors (Lipinski definition) is 1. The number of benzene rings is 2. The Morgan fingerprint density at radius 2 is 1.85 bits per heavy atom. The minimum atomic E-state index is 0.146. The lowest BCUT2D eigenvalue weighted by molar-refractivity contribution is 0.301. The number of hydrogen-bond acceptors (Lipinski definition) is 2. The zero-order chi connectivity index (χ0) is 14.2. The Kier molecular flexibility index (Phi) is 5.90. The molecule has 0 fully saturated rings. The van der Waals surface area contributed by atoms with E-state index in [2.05, 4.69) is 6.07 Å². The normalized spacial score (nSPS) is 12.1. The van der Waals surface area contributed by atoms with Crippen molar-refractivity contribution in [3.63, 3.8) is 0 Å². The molecule has 2 rings (SSSR count). The lowest BCUT2D eigenvalue weighted by Gasteiger charge is -2.12. The summed E-state index contributed by atoms with van der Waals surface area (Å²) in [5.41, 5.74) is 7.33. The SMILES string of the molecule is NC(CCCOc1ccccc1)Cc1cccc(Cl)c1. The number of nitrogens with two attached hydrogens (primary N) is 1. The monoisotopic (exact) mass is 289 g/mol. The highest BCUT2D eigenvalue weighted by Gasteiger charge is 2.05. The van der Waals surface area contributed by atoms with Crippen LogP contribution in [0.4, 0.5) is 0 Å². The van der Waals surface area contributed by atoms with Crippen LogP contribution in [0.1, 0.15) is 18.4 Å². The van der Waals surface area contributed by atoms with Crippen LogP contribution in [0.25, 0.3) is 0 Å². The third-order valence-electron chi connectivity index (χ3n) is 3.12. The highest BCUT2D eigenvalue weighted by atomic mass is 35.5. The van der Waals surface area contributed by atoms with E-state index in [0.29, 0.717) is 6.61 Å². The summed E-state index contributed by atoms with van der Waals surface area (Å²) in [6, 6.07) is 17.9. The van der Waals surface area contributed by atoms with Crippen LogP contribution in [0, 0.1) is 0 Å². The second-order valence-corrected chi connectivity index (χ2v) is 5.33. The lowest BCUT2D eigenvalue weighted by atomic mass is 10.0. The zero-order valence-electron chi connectivity index (χ0n) is 11.5. The summed E-state index contributed by atoms with van der Waals surface area (Å²) in [5, 5.41) is 0.766. The molecule has 106 valence electrons. The first-order valence-corrected chi connectivity index (χ1v) is 7.30. The second-order valence-electron chi connectivity index (χ2n) is 4.90. The summed E-state index contributed by atoms with van der Waals surface area (Å²) in [6.45, 7) is 0.702. The van der Waals surface area contributed by atoms with E-state index in [1.807, 2.05) is 48.5 Å². The van der Waals surface area contributed by atoms with E-state index in [0.717, 1.165) is 30.0 Å². The van der Waals surface area contributed by atoms with Gasteiger partial charge in [0.1, 0.15) is 5.75 Å². The van der Waals surface area contributed by atoms with E-state index in [1.165, 1.54) is 5.56 Å². The van der Waals surface area contributed by atoms with Crippen molar-refractivity contribution in [3.8, 4) is 5.75 Å². The molecule has 0 amide bonds. The van der Waals surface area contributed by atoms with Crippen molar-refractivity contribution < 1.29 is 4.74 Å². The fourth-order valence-electron chi connectivity index (χ4n) is 2.12. The van der Waals surface area contributed by atoms with Crippen molar-refractivity contribution in [1.29, 1.82) is 0 Å². The van der Waals surface area contributed by atoms with E-state index in [-0.39, 0.29) is 6.04 Å². The van der Waals surface area contributed by atoms with Crippen molar-refractivity contribution >= 4 is 11.6 Å². The molecule has 2 aromatic carbocycles. The largest absolute Gasteiger partial charge is 0.494 e. The zero-order valence-corrected chi connectivity index (χ0v) is 12.2. The quantitative estimate of drug-likeness (QED) is 0.780. The molecule has 0 aliphatic carbocycles. The van der Waals surface area contributed by atoms with Gasteiger partial charge in [-0.2, -0.15) is 0 Å². The van der Waals surface area contributed by atoms with Crippen LogP contribution in [0.5, 0.6) is 5.75 Å².